The number of nitrogens with one attached hydrogen (secondary N) is 1. The molecule has 0 aliphatic carbocycles. The zero-order valence-electron chi connectivity index (χ0n) is 13.0. The highest BCUT2D eigenvalue weighted by atomic mass is 32.2. The zero-order valence-corrected chi connectivity index (χ0v) is 13.8. The predicted molar refractivity (Wildman–Crippen MR) is 81.8 cm³/mol. The Morgan fingerprint density at radius 3 is 2.00 bits per heavy atom. The van der Waals surface area contributed by atoms with Crippen molar-refractivity contribution in [2.24, 2.45) is 0 Å². The molecule has 136 valence electrons. The van der Waals surface area contributed by atoms with Gasteiger partial charge in [-0.05, 0) is 18.2 Å². The van der Waals surface area contributed by atoms with Crippen molar-refractivity contribution in [1.29, 1.82) is 0 Å². The lowest BCUT2D eigenvalue weighted by Crippen LogP contribution is -2.16. The summed E-state index contributed by atoms with van der Waals surface area (Å²) >= 11 is 0. The van der Waals surface area contributed by atoms with E-state index in [0.717, 1.165) is 6.07 Å². The van der Waals surface area contributed by atoms with E-state index in [4.69, 9.17) is 9.47 Å². The third-order valence-corrected chi connectivity index (χ3v) is 4.54. The molecule has 0 bridgehead atoms. The second-order valence-corrected chi connectivity index (χ2v) is 6.53. The molecule has 0 aliphatic rings. The van der Waals surface area contributed by atoms with Crippen molar-refractivity contribution in [2.75, 3.05) is 18.9 Å². The molecule has 0 amide bonds. The first-order chi connectivity index (χ1) is 11.6. The van der Waals surface area contributed by atoms with Crippen LogP contribution in [-0.2, 0) is 16.2 Å². The van der Waals surface area contributed by atoms with Crippen molar-refractivity contribution in [3.63, 3.8) is 0 Å². The number of rotatable bonds is 5. The number of hydrogen-bond donors (Lipinski definition) is 1. The highest BCUT2D eigenvalue weighted by Gasteiger charge is 2.35. The normalized spacial score (nSPS) is 11.9. The first-order valence-corrected chi connectivity index (χ1v) is 8.18. The number of alkyl halides is 3. The molecule has 0 radical (unpaired) electrons. The van der Waals surface area contributed by atoms with Gasteiger partial charge in [0.1, 0.15) is 17.3 Å². The molecule has 0 aromatic heterocycles. The molecule has 1 N–H and O–H groups in total. The Morgan fingerprint density at radius 1 is 0.960 bits per heavy atom. The van der Waals surface area contributed by atoms with Crippen molar-refractivity contribution < 1.29 is 35.5 Å². The topological polar surface area (TPSA) is 64.6 Å². The van der Waals surface area contributed by atoms with E-state index in [1.807, 2.05) is 0 Å². The van der Waals surface area contributed by atoms with Crippen molar-refractivity contribution >= 4 is 15.7 Å². The Bertz CT molecular complexity index is 859. The van der Waals surface area contributed by atoms with E-state index < -0.39 is 32.5 Å². The van der Waals surface area contributed by atoms with Gasteiger partial charge in [-0.1, -0.05) is 0 Å². The van der Waals surface area contributed by atoms with Crippen molar-refractivity contribution in [3.05, 3.63) is 47.8 Å². The van der Waals surface area contributed by atoms with Crippen LogP contribution in [0.5, 0.6) is 11.5 Å². The lowest BCUT2D eigenvalue weighted by atomic mass is 10.2. The van der Waals surface area contributed by atoms with Crippen molar-refractivity contribution in [2.45, 2.75) is 11.1 Å². The van der Waals surface area contributed by atoms with E-state index in [1.54, 1.807) is 0 Å². The highest BCUT2D eigenvalue weighted by molar-refractivity contribution is 7.92. The van der Waals surface area contributed by atoms with Gasteiger partial charge in [-0.2, -0.15) is 13.2 Å². The summed E-state index contributed by atoms with van der Waals surface area (Å²) in [6, 6.07) is 5.53. The van der Waals surface area contributed by atoms with Crippen LogP contribution in [-0.4, -0.2) is 22.6 Å². The molecule has 10 heteroatoms. The molecule has 2 aromatic carbocycles. The number of halogens is 4. The van der Waals surface area contributed by atoms with E-state index in [2.05, 4.69) is 4.72 Å². The van der Waals surface area contributed by atoms with Crippen LogP contribution in [0.2, 0.25) is 0 Å². The van der Waals surface area contributed by atoms with Crippen LogP contribution in [0.15, 0.2) is 41.3 Å². The maximum Gasteiger partial charge on any atom is 0.419 e. The summed E-state index contributed by atoms with van der Waals surface area (Å²) in [5.74, 6) is -1.02. The average molecular weight is 379 g/mol. The summed E-state index contributed by atoms with van der Waals surface area (Å²) in [7, 11) is -1.69. The second-order valence-electron chi connectivity index (χ2n) is 4.85. The third-order valence-electron chi connectivity index (χ3n) is 3.16. The van der Waals surface area contributed by atoms with Crippen LogP contribution in [0.25, 0.3) is 0 Å². The Kier molecular flexibility index (Phi) is 5.12. The number of ether oxygens (including phenoxy) is 2. The summed E-state index contributed by atoms with van der Waals surface area (Å²) in [6.07, 6.45) is -5.02. The molecular formula is C15H13F4NO4S. The molecule has 0 heterocycles. The fourth-order valence-corrected chi connectivity index (χ4v) is 3.04. The molecule has 2 rings (SSSR count). The van der Waals surface area contributed by atoms with Gasteiger partial charge in [0.2, 0.25) is 0 Å². The van der Waals surface area contributed by atoms with Gasteiger partial charge in [-0.25, -0.2) is 12.8 Å². The zero-order chi connectivity index (χ0) is 18.8. The first-order valence-electron chi connectivity index (χ1n) is 6.69. The monoisotopic (exact) mass is 379 g/mol. The lowest BCUT2D eigenvalue weighted by Gasteiger charge is -2.13. The minimum atomic E-state index is -5.02. The smallest absolute Gasteiger partial charge is 0.419 e. The van der Waals surface area contributed by atoms with Crippen LogP contribution in [0.3, 0.4) is 0 Å². The van der Waals surface area contributed by atoms with Crippen molar-refractivity contribution in [1.82, 2.24) is 0 Å². The maximum atomic E-state index is 13.3. The Morgan fingerprint density at radius 2 is 1.52 bits per heavy atom. The van der Waals surface area contributed by atoms with Gasteiger partial charge >= 0.3 is 6.18 Å². The Balaban J connectivity index is 2.44. The highest BCUT2D eigenvalue weighted by Crippen LogP contribution is 2.33. The van der Waals surface area contributed by atoms with Crippen LogP contribution < -0.4 is 14.2 Å². The molecule has 25 heavy (non-hydrogen) atoms. The van der Waals surface area contributed by atoms with E-state index in [0.29, 0.717) is 6.07 Å². The van der Waals surface area contributed by atoms with Gasteiger partial charge in [0.05, 0.1) is 30.4 Å². The fourth-order valence-electron chi connectivity index (χ4n) is 1.97. The number of methoxy groups -OCH3 is 2. The van der Waals surface area contributed by atoms with E-state index in [1.165, 1.54) is 32.4 Å². The van der Waals surface area contributed by atoms with E-state index >= 15 is 0 Å². The van der Waals surface area contributed by atoms with Crippen LogP contribution >= 0.6 is 0 Å². The molecular weight excluding hydrogens is 366 g/mol. The van der Waals surface area contributed by atoms with Crippen molar-refractivity contribution in [3.8, 4) is 11.5 Å². The average Bonchev–Trinajstić information content (AvgIpc) is 2.53. The second kappa shape index (κ2) is 6.79. The largest absolute Gasteiger partial charge is 0.497 e. The van der Waals surface area contributed by atoms with E-state index in [-0.39, 0.29) is 23.3 Å². The molecule has 0 spiro atoms. The van der Waals surface area contributed by atoms with Crippen LogP contribution in [0, 0.1) is 5.82 Å². The Hall–Kier alpha value is -2.49. The minimum absolute atomic E-state index is 0.00841. The molecule has 0 saturated heterocycles. The third kappa shape index (κ3) is 4.32. The number of anilines is 1. The SMILES string of the molecule is COc1cc(NS(=O)(=O)c2ccc(F)c(C(F)(F)F)c2)cc(OC)c1. The van der Waals surface area contributed by atoms with Crippen LogP contribution in [0.1, 0.15) is 5.56 Å². The van der Waals surface area contributed by atoms with E-state index in [9.17, 15) is 26.0 Å². The number of benzene rings is 2. The minimum Gasteiger partial charge on any atom is -0.497 e. The molecule has 5 nitrogen and oxygen atoms in total. The van der Waals surface area contributed by atoms with Gasteiger partial charge in [0.15, 0.2) is 0 Å². The van der Waals surface area contributed by atoms with Gasteiger partial charge in [0, 0.05) is 18.2 Å². The summed E-state index contributed by atoms with van der Waals surface area (Å²) in [6.45, 7) is 0. The number of hydrogen-bond acceptors (Lipinski definition) is 4. The quantitative estimate of drug-likeness (QED) is 0.806. The van der Waals surface area contributed by atoms with Gasteiger partial charge in [-0.3, -0.25) is 4.72 Å². The molecule has 0 aliphatic heterocycles. The summed E-state index contributed by atoms with van der Waals surface area (Å²) < 4.78 is 88.3. The standard InChI is InChI=1S/C15H13F4NO4S/c1-23-10-5-9(6-11(7-10)24-2)20-25(21,22)12-3-4-14(16)13(8-12)15(17,18)19/h3-8,20H,1-2H3. The predicted octanol–water partition coefficient (Wildman–Crippen LogP) is 3.66. The molecule has 2 aromatic rings. The molecule has 0 saturated carbocycles. The van der Waals surface area contributed by atoms with Gasteiger partial charge < -0.3 is 9.47 Å². The number of sulfonamides is 1. The molecule has 0 atom stereocenters. The Labute approximate surface area is 141 Å². The van der Waals surface area contributed by atoms with Gasteiger partial charge in [0.25, 0.3) is 10.0 Å². The van der Waals surface area contributed by atoms with Gasteiger partial charge in [-0.15, -0.1) is 0 Å². The van der Waals surface area contributed by atoms with Crippen LogP contribution in [0.4, 0.5) is 23.2 Å². The summed E-state index contributed by atoms with van der Waals surface area (Å²) in [4.78, 5) is -0.733. The summed E-state index contributed by atoms with van der Waals surface area (Å²) in [5, 5.41) is 0. The maximum absolute atomic E-state index is 13.3. The molecule has 0 fully saturated rings. The fraction of sp³-hybridized carbons (Fsp3) is 0.200. The summed E-state index contributed by atoms with van der Waals surface area (Å²) in [5.41, 5.74) is -1.66. The lowest BCUT2D eigenvalue weighted by molar-refractivity contribution is -0.140. The first kappa shape index (κ1) is 18.8. The molecule has 0 unspecified atom stereocenters.